The molecule has 0 saturated carbocycles. The lowest BCUT2D eigenvalue weighted by atomic mass is 10.1. The van der Waals surface area contributed by atoms with Crippen LogP contribution in [0.5, 0.6) is 0 Å². The van der Waals surface area contributed by atoms with Crippen molar-refractivity contribution in [1.82, 2.24) is 24.7 Å². The van der Waals surface area contributed by atoms with Crippen molar-refractivity contribution >= 4 is 6.03 Å². The van der Waals surface area contributed by atoms with E-state index in [1.54, 1.807) is 6.20 Å². The fraction of sp³-hybridized carbons (Fsp3) is 0.765. The van der Waals surface area contributed by atoms with Crippen molar-refractivity contribution in [2.24, 2.45) is 7.05 Å². The number of hydrogen-bond donors (Lipinski definition) is 2. The van der Waals surface area contributed by atoms with Crippen molar-refractivity contribution in [2.45, 2.75) is 45.3 Å². The van der Waals surface area contributed by atoms with Crippen LogP contribution in [0.15, 0.2) is 12.4 Å². The van der Waals surface area contributed by atoms with E-state index in [4.69, 9.17) is 0 Å². The Morgan fingerprint density at radius 1 is 1.54 bits per heavy atom. The molecule has 2 N–H and O–H groups in total. The molecule has 0 aliphatic carbocycles. The summed E-state index contributed by atoms with van der Waals surface area (Å²) in [5, 5.41) is 12.7. The lowest BCUT2D eigenvalue weighted by Crippen LogP contribution is -2.42. The molecule has 1 aromatic heterocycles. The second kappa shape index (κ2) is 9.64. The van der Waals surface area contributed by atoms with Gasteiger partial charge in [-0.05, 0) is 38.8 Å². The van der Waals surface area contributed by atoms with Crippen LogP contribution in [0.4, 0.5) is 4.79 Å². The third-order valence-electron chi connectivity index (χ3n) is 4.44. The molecule has 1 fully saturated rings. The molecule has 0 bridgehead atoms. The molecule has 1 aliphatic rings. The normalized spacial score (nSPS) is 18.5. The zero-order chi connectivity index (χ0) is 17.4. The number of aliphatic hydroxyl groups is 1. The van der Waals surface area contributed by atoms with Crippen molar-refractivity contribution in [3.05, 3.63) is 18.2 Å². The van der Waals surface area contributed by atoms with Crippen LogP contribution in [0.3, 0.4) is 0 Å². The Labute approximate surface area is 144 Å². The van der Waals surface area contributed by atoms with Gasteiger partial charge < -0.3 is 24.8 Å². The fourth-order valence-electron chi connectivity index (χ4n) is 3.09. The van der Waals surface area contributed by atoms with Gasteiger partial charge in [0.15, 0.2) is 0 Å². The van der Waals surface area contributed by atoms with Crippen LogP contribution in [-0.2, 0) is 13.6 Å². The highest BCUT2D eigenvalue weighted by Gasteiger charge is 2.18. The minimum absolute atomic E-state index is 0.0291. The van der Waals surface area contributed by atoms with Crippen LogP contribution in [0.1, 0.15) is 38.4 Å². The number of nitrogens with zero attached hydrogens (tertiary/aromatic N) is 4. The summed E-state index contributed by atoms with van der Waals surface area (Å²) in [5.74, 6) is 0.890. The quantitative estimate of drug-likeness (QED) is 0.699. The van der Waals surface area contributed by atoms with Crippen molar-refractivity contribution < 1.29 is 9.90 Å². The molecule has 2 amide bonds. The lowest BCUT2D eigenvalue weighted by molar-refractivity contribution is 0.0702. The maximum Gasteiger partial charge on any atom is 0.317 e. The van der Waals surface area contributed by atoms with E-state index in [9.17, 15) is 9.90 Å². The molecule has 7 nitrogen and oxygen atoms in total. The van der Waals surface area contributed by atoms with E-state index in [1.807, 2.05) is 22.7 Å². The second-order valence-electron chi connectivity index (χ2n) is 6.56. The van der Waals surface area contributed by atoms with Gasteiger partial charge in [0.2, 0.25) is 0 Å². The van der Waals surface area contributed by atoms with Gasteiger partial charge in [-0.25, -0.2) is 9.78 Å². The van der Waals surface area contributed by atoms with Gasteiger partial charge in [0.25, 0.3) is 0 Å². The highest BCUT2D eigenvalue weighted by atomic mass is 16.3. The van der Waals surface area contributed by atoms with Crippen molar-refractivity contribution in [2.75, 3.05) is 32.7 Å². The standard InChI is InChI=1S/C17H31N5O2/c1-3-9-22(14-16-18-8-12-20(16)2)17(24)19-7-5-11-21-10-4-6-15(23)13-21/h8,12,15,23H,3-7,9-11,13-14H2,1-2H3,(H,19,24). The third kappa shape index (κ3) is 5.79. The first-order valence-electron chi connectivity index (χ1n) is 8.99. The molecule has 0 spiro atoms. The van der Waals surface area contributed by atoms with E-state index in [2.05, 4.69) is 22.1 Å². The molecule has 136 valence electrons. The highest BCUT2D eigenvalue weighted by molar-refractivity contribution is 5.74. The summed E-state index contributed by atoms with van der Waals surface area (Å²) in [6.45, 7) is 6.71. The predicted molar refractivity (Wildman–Crippen MR) is 93.6 cm³/mol. The van der Waals surface area contributed by atoms with Crippen LogP contribution >= 0.6 is 0 Å². The smallest absolute Gasteiger partial charge is 0.317 e. The van der Waals surface area contributed by atoms with E-state index in [1.165, 1.54) is 0 Å². The number of carbonyl (C=O) groups is 1. The average molecular weight is 337 g/mol. The van der Waals surface area contributed by atoms with Crippen LogP contribution in [-0.4, -0.2) is 69.3 Å². The number of rotatable bonds is 8. The SMILES string of the molecule is CCCN(Cc1nccn1C)C(=O)NCCCN1CCCC(O)C1. The van der Waals surface area contributed by atoms with Gasteiger partial charge in [-0.2, -0.15) is 0 Å². The van der Waals surface area contributed by atoms with Gasteiger partial charge in [-0.1, -0.05) is 6.92 Å². The number of likely N-dealkylation sites (tertiary alicyclic amines) is 1. The molecular weight excluding hydrogens is 306 g/mol. The number of piperidine rings is 1. The fourth-order valence-corrected chi connectivity index (χ4v) is 3.09. The Morgan fingerprint density at radius 3 is 3.04 bits per heavy atom. The summed E-state index contributed by atoms with van der Waals surface area (Å²) >= 11 is 0. The first-order chi connectivity index (χ1) is 11.6. The zero-order valence-electron chi connectivity index (χ0n) is 14.9. The first-order valence-corrected chi connectivity index (χ1v) is 8.99. The number of carbonyl (C=O) groups excluding carboxylic acids is 1. The molecule has 2 rings (SSSR count). The van der Waals surface area contributed by atoms with E-state index < -0.39 is 0 Å². The molecule has 24 heavy (non-hydrogen) atoms. The molecule has 1 saturated heterocycles. The lowest BCUT2D eigenvalue weighted by Gasteiger charge is -2.30. The van der Waals surface area contributed by atoms with Gasteiger partial charge in [0.1, 0.15) is 5.82 Å². The predicted octanol–water partition coefficient (Wildman–Crippen LogP) is 1.19. The van der Waals surface area contributed by atoms with Gasteiger partial charge in [-0.15, -0.1) is 0 Å². The Kier molecular flexibility index (Phi) is 7.52. The summed E-state index contributed by atoms with van der Waals surface area (Å²) < 4.78 is 1.94. The zero-order valence-corrected chi connectivity index (χ0v) is 14.9. The molecule has 1 unspecified atom stereocenters. The molecule has 0 aromatic carbocycles. The minimum atomic E-state index is -0.189. The number of urea groups is 1. The average Bonchev–Trinajstić information content (AvgIpc) is 2.96. The van der Waals surface area contributed by atoms with Gasteiger partial charge >= 0.3 is 6.03 Å². The Morgan fingerprint density at radius 2 is 2.38 bits per heavy atom. The second-order valence-corrected chi connectivity index (χ2v) is 6.56. The largest absolute Gasteiger partial charge is 0.392 e. The Balaban J connectivity index is 1.71. The van der Waals surface area contributed by atoms with Crippen LogP contribution in [0.25, 0.3) is 0 Å². The van der Waals surface area contributed by atoms with Gasteiger partial charge in [0.05, 0.1) is 12.6 Å². The summed E-state index contributed by atoms with van der Waals surface area (Å²) in [4.78, 5) is 20.8. The van der Waals surface area contributed by atoms with E-state index in [0.717, 1.165) is 57.7 Å². The van der Waals surface area contributed by atoms with Crippen LogP contribution < -0.4 is 5.32 Å². The summed E-state index contributed by atoms with van der Waals surface area (Å²) in [6.07, 6.45) is 7.25. The van der Waals surface area contributed by atoms with E-state index in [-0.39, 0.29) is 12.1 Å². The molecule has 1 aliphatic heterocycles. The van der Waals surface area contributed by atoms with Gasteiger partial charge in [0, 0.05) is 39.1 Å². The number of aliphatic hydroxyl groups excluding tert-OH is 1. The Bertz CT molecular complexity index is 505. The molecule has 1 atom stereocenters. The Hall–Kier alpha value is -1.60. The molecule has 2 heterocycles. The van der Waals surface area contributed by atoms with Crippen LogP contribution in [0.2, 0.25) is 0 Å². The van der Waals surface area contributed by atoms with Gasteiger partial charge in [-0.3, -0.25) is 0 Å². The number of nitrogens with one attached hydrogen (secondary N) is 1. The first kappa shape index (κ1) is 18.7. The monoisotopic (exact) mass is 337 g/mol. The van der Waals surface area contributed by atoms with Crippen LogP contribution in [0, 0.1) is 0 Å². The molecule has 1 aromatic rings. The number of β-amino-alcohol motifs (C(OH)–C–C–N with tert-alkyl or cyclic N) is 1. The van der Waals surface area contributed by atoms with E-state index >= 15 is 0 Å². The van der Waals surface area contributed by atoms with Crippen molar-refractivity contribution in [1.29, 1.82) is 0 Å². The topological polar surface area (TPSA) is 73.6 Å². The minimum Gasteiger partial charge on any atom is -0.392 e. The molecule has 7 heteroatoms. The third-order valence-corrected chi connectivity index (χ3v) is 4.44. The number of imidazole rings is 1. The summed E-state index contributed by atoms with van der Waals surface area (Å²) in [6, 6.07) is -0.0291. The number of aryl methyl sites for hydroxylation is 1. The number of hydrogen-bond acceptors (Lipinski definition) is 4. The maximum atomic E-state index is 12.4. The number of amides is 2. The van der Waals surface area contributed by atoms with Crippen molar-refractivity contribution in [3.63, 3.8) is 0 Å². The molecular formula is C17H31N5O2. The highest BCUT2D eigenvalue weighted by Crippen LogP contribution is 2.09. The summed E-state index contributed by atoms with van der Waals surface area (Å²) in [5.41, 5.74) is 0. The summed E-state index contributed by atoms with van der Waals surface area (Å²) in [7, 11) is 1.94. The van der Waals surface area contributed by atoms with Crippen molar-refractivity contribution in [3.8, 4) is 0 Å². The number of aromatic nitrogens is 2. The molecule has 0 radical (unpaired) electrons. The van der Waals surface area contributed by atoms with E-state index in [0.29, 0.717) is 13.1 Å². The maximum absolute atomic E-state index is 12.4.